The summed E-state index contributed by atoms with van der Waals surface area (Å²) in [5.74, 6) is 0.159. The van der Waals surface area contributed by atoms with Gasteiger partial charge in [-0.2, -0.15) is 0 Å². The van der Waals surface area contributed by atoms with Crippen molar-refractivity contribution < 1.29 is 14.3 Å². The van der Waals surface area contributed by atoms with E-state index >= 15 is 0 Å². The van der Waals surface area contributed by atoms with Crippen LogP contribution >= 0.6 is 0 Å². The molecule has 17 heavy (non-hydrogen) atoms. The van der Waals surface area contributed by atoms with Crippen LogP contribution in [0.1, 0.15) is 5.56 Å². The van der Waals surface area contributed by atoms with Crippen LogP contribution in [0.25, 0.3) is 0 Å². The van der Waals surface area contributed by atoms with Gasteiger partial charge >= 0.3 is 6.03 Å². The van der Waals surface area contributed by atoms with Crippen molar-refractivity contribution in [3.63, 3.8) is 0 Å². The third-order valence-electron chi connectivity index (χ3n) is 1.92. The Morgan fingerprint density at radius 3 is 2.88 bits per heavy atom. The highest BCUT2D eigenvalue weighted by Gasteiger charge is 2.03. The van der Waals surface area contributed by atoms with Gasteiger partial charge in [0.05, 0.1) is 13.7 Å². The summed E-state index contributed by atoms with van der Waals surface area (Å²) in [6, 6.07) is 2.73. The van der Waals surface area contributed by atoms with Crippen molar-refractivity contribution in [2.75, 3.05) is 13.7 Å². The minimum absolute atomic E-state index is 0.141. The normalized spacial score (nSPS) is 9.47. The molecule has 1 heterocycles. The lowest BCUT2D eigenvalue weighted by Gasteiger charge is -2.06. The summed E-state index contributed by atoms with van der Waals surface area (Å²) in [6.45, 7) is 0.190. The van der Waals surface area contributed by atoms with Crippen LogP contribution in [-0.4, -0.2) is 30.6 Å². The number of nitrogens with two attached hydrogens (primary N) is 1. The SMILES string of the molecule is COc1cc(CNC(=O)CNC(N)=O)ccn1. The second kappa shape index (κ2) is 6.31. The minimum atomic E-state index is -0.731. The number of aromatic nitrogens is 1. The van der Waals surface area contributed by atoms with Crippen LogP contribution in [0.3, 0.4) is 0 Å². The van der Waals surface area contributed by atoms with Crippen LogP contribution in [-0.2, 0) is 11.3 Å². The molecule has 0 fully saturated rings. The summed E-state index contributed by atoms with van der Waals surface area (Å²) in [7, 11) is 1.52. The Labute approximate surface area is 98.4 Å². The maximum absolute atomic E-state index is 11.2. The fraction of sp³-hybridized carbons (Fsp3) is 0.300. The lowest BCUT2D eigenvalue weighted by atomic mass is 10.2. The van der Waals surface area contributed by atoms with E-state index in [1.807, 2.05) is 0 Å². The van der Waals surface area contributed by atoms with Crippen LogP contribution in [0.2, 0.25) is 0 Å². The molecule has 7 nitrogen and oxygen atoms in total. The molecule has 3 amide bonds. The zero-order chi connectivity index (χ0) is 12.7. The van der Waals surface area contributed by atoms with E-state index in [1.54, 1.807) is 18.3 Å². The highest BCUT2D eigenvalue weighted by Crippen LogP contribution is 2.07. The van der Waals surface area contributed by atoms with Crippen LogP contribution < -0.4 is 21.1 Å². The van der Waals surface area contributed by atoms with Gasteiger partial charge in [-0.05, 0) is 11.6 Å². The van der Waals surface area contributed by atoms with E-state index in [4.69, 9.17) is 10.5 Å². The minimum Gasteiger partial charge on any atom is -0.481 e. The number of primary amides is 1. The van der Waals surface area contributed by atoms with E-state index in [1.165, 1.54) is 7.11 Å². The summed E-state index contributed by atoms with van der Waals surface area (Å²) >= 11 is 0. The second-order valence-corrected chi connectivity index (χ2v) is 3.20. The molecule has 1 aromatic heterocycles. The van der Waals surface area contributed by atoms with Gasteiger partial charge in [0.2, 0.25) is 11.8 Å². The van der Waals surface area contributed by atoms with Gasteiger partial charge in [-0.1, -0.05) is 0 Å². The van der Waals surface area contributed by atoms with Crippen molar-refractivity contribution in [2.45, 2.75) is 6.54 Å². The highest BCUT2D eigenvalue weighted by molar-refractivity contribution is 5.83. The Hall–Kier alpha value is -2.31. The number of hydrogen-bond acceptors (Lipinski definition) is 4. The van der Waals surface area contributed by atoms with Crippen molar-refractivity contribution in [3.8, 4) is 5.88 Å². The van der Waals surface area contributed by atoms with Crippen LogP contribution in [0.5, 0.6) is 5.88 Å². The van der Waals surface area contributed by atoms with Crippen molar-refractivity contribution in [1.29, 1.82) is 0 Å². The number of rotatable bonds is 5. The molecule has 1 aromatic rings. The molecule has 0 saturated heterocycles. The number of amides is 3. The predicted octanol–water partition coefficient (Wildman–Crippen LogP) is -0.625. The van der Waals surface area contributed by atoms with Gasteiger partial charge in [-0.25, -0.2) is 9.78 Å². The smallest absolute Gasteiger partial charge is 0.312 e. The van der Waals surface area contributed by atoms with Gasteiger partial charge in [0.25, 0.3) is 0 Å². The summed E-state index contributed by atoms with van der Waals surface area (Å²) in [4.78, 5) is 25.6. The maximum Gasteiger partial charge on any atom is 0.312 e. The average Bonchev–Trinajstić information content (AvgIpc) is 2.34. The first-order valence-corrected chi connectivity index (χ1v) is 4.90. The van der Waals surface area contributed by atoms with Gasteiger partial charge in [0.15, 0.2) is 0 Å². The van der Waals surface area contributed by atoms with Crippen molar-refractivity contribution in [2.24, 2.45) is 5.73 Å². The van der Waals surface area contributed by atoms with Gasteiger partial charge in [0.1, 0.15) is 0 Å². The summed E-state index contributed by atoms with van der Waals surface area (Å²) in [6.07, 6.45) is 1.59. The first kappa shape index (κ1) is 12.8. The standard InChI is InChI=1S/C10H14N4O3/c1-17-9-4-7(2-3-12-9)5-13-8(15)6-14-10(11)16/h2-4H,5-6H2,1H3,(H,13,15)(H3,11,14,16). The maximum atomic E-state index is 11.2. The zero-order valence-electron chi connectivity index (χ0n) is 9.40. The monoisotopic (exact) mass is 238 g/mol. The zero-order valence-corrected chi connectivity index (χ0v) is 9.40. The van der Waals surface area contributed by atoms with E-state index in [0.29, 0.717) is 12.4 Å². The van der Waals surface area contributed by atoms with E-state index in [9.17, 15) is 9.59 Å². The Morgan fingerprint density at radius 2 is 2.24 bits per heavy atom. The van der Waals surface area contributed by atoms with Gasteiger partial charge < -0.3 is 21.1 Å². The molecule has 92 valence electrons. The van der Waals surface area contributed by atoms with Crippen LogP contribution in [0, 0.1) is 0 Å². The molecule has 4 N–H and O–H groups in total. The molecular weight excluding hydrogens is 224 g/mol. The number of ether oxygens (including phenoxy) is 1. The fourth-order valence-corrected chi connectivity index (χ4v) is 1.10. The number of carbonyl (C=O) groups excluding carboxylic acids is 2. The second-order valence-electron chi connectivity index (χ2n) is 3.20. The molecule has 0 aliphatic heterocycles. The van der Waals surface area contributed by atoms with Gasteiger partial charge in [-0.3, -0.25) is 4.79 Å². The molecule has 0 aromatic carbocycles. The van der Waals surface area contributed by atoms with E-state index in [2.05, 4.69) is 15.6 Å². The Balaban J connectivity index is 2.39. The first-order valence-electron chi connectivity index (χ1n) is 4.90. The molecule has 0 aliphatic rings. The lowest BCUT2D eigenvalue weighted by molar-refractivity contribution is -0.120. The molecule has 0 saturated carbocycles. The number of urea groups is 1. The van der Waals surface area contributed by atoms with Crippen LogP contribution in [0.15, 0.2) is 18.3 Å². The fourth-order valence-electron chi connectivity index (χ4n) is 1.10. The molecular formula is C10H14N4O3. The molecule has 0 bridgehead atoms. The predicted molar refractivity (Wildman–Crippen MR) is 60.2 cm³/mol. The van der Waals surface area contributed by atoms with Gasteiger partial charge in [-0.15, -0.1) is 0 Å². The molecule has 0 unspecified atom stereocenters. The molecule has 7 heteroatoms. The average molecular weight is 238 g/mol. The lowest BCUT2D eigenvalue weighted by Crippen LogP contribution is -2.39. The summed E-state index contributed by atoms with van der Waals surface area (Å²) < 4.78 is 4.94. The van der Waals surface area contributed by atoms with E-state index in [0.717, 1.165) is 5.56 Å². The summed E-state index contributed by atoms with van der Waals surface area (Å²) in [5.41, 5.74) is 5.68. The number of nitrogens with zero attached hydrogens (tertiary/aromatic N) is 1. The molecule has 0 spiro atoms. The molecule has 0 atom stereocenters. The number of nitrogens with one attached hydrogen (secondary N) is 2. The third-order valence-corrected chi connectivity index (χ3v) is 1.92. The van der Waals surface area contributed by atoms with Crippen molar-refractivity contribution in [1.82, 2.24) is 15.6 Å². The topological polar surface area (TPSA) is 106 Å². The van der Waals surface area contributed by atoms with Crippen molar-refractivity contribution in [3.05, 3.63) is 23.9 Å². The number of hydrogen-bond donors (Lipinski definition) is 3. The van der Waals surface area contributed by atoms with E-state index in [-0.39, 0.29) is 12.5 Å². The first-order chi connectivity index (χ1) is 8.11. The van der Waals surface area contributed by atoms with Crippen LogP contribution in [0.4, 0.5) is 4.79 Å². The molecule has 0 aliphatic carbocycles. The Morgan fingerprint density at radius 1 is 1.47 bits per heavy atom. The number of carbonyl (C=O) groups is 2. The van der Waals surface area contributed by atoms with Gasteiger partial charge in [0, 0.05) is 18.8 Å². The highest BCUT2D eigenvalue weighted by atomic mass is 16.5. The third kappa shape index (κ3) is 4.83. The Kier molecular flexibility index (Phi) is 4.74. The quantitative estimate of drug-likeness (QED) is 0.635. The van der Waals surface area contributed by atoms with Crippen molar-refractivity contribution >= 4 is 11.9 Å². The molecule has 0 radical (unpaired) electrons. The Bertz CT molecular complexity index is 408. The van der Waals surface area contributed by atoms with E-state index < -0.39 is 6.03 Å². The molecule has 1 rings (SSSR count). The number of methoxy groups -OCH3 is 1. The largest absolute Gasteiger partial charge is 0.481 e. The number of pyridine rings is 1. The summed E-state index contributed by atoms with van der Waals surface area (Å²) in [5, 5.41) is 4.81.